The van der Waals surface area contributed by atoms with E-state index in [4.69, 9.17) is 16.3 Å². The number of rotatable bonds is 13. The Kier molecular flexibility index (Phi) is 9.69. The molecule has 30 heavy (non-hydrogen) atoms. The smallest absolute Gasteiger partial charge is 0.264 e. The molecule has 0 fully saturated rings. The van der Waals surface area contributed by atoms with Gasteiger partial charge in [-0.15, -0.1) is 6.58 Å². The van der Waals surface area contributed by atoms with Crippen molar-refractivity contribution in [1.82, 2.24) is 4.90 Å². The molecule has 0 N–H and O–H groups in total. The average molecular weight is 451 g/mol. The molecular formula is C23H31ClN2O3S. The maximum atomic E-state index is 12.7. The molecule has 0 spiro atoms. The molecule has 0 aliphatic heterocycles. The third-order valence-corrected chi connectivity index (χ3v) is 6.87. The summed E-state index contributed by atoms with van der Waals surface area (Å²) in [5.41, 5.74) is 0.570. The Morgan fingerprint density at radius 3 is 2.23 bits per heavy atom. The fourth-order valence-electron chi connectivity index (χ4n) is 2.99. The van der Waals surface area contributed by atoms with Crippen molar-refractivity contribution in [2.24, 2.45) is 0 Å². The number of nitrogens with zero attached hydrogens (tertiary/aromatic N) is 2. The standard InChI is InChI=1S/C23H31ClN2O3S/c1-4-17-25(2)18-7-5-6-8-19-29-22-13-11-21(12-14-22)26(3)30(27,28)23-15-9-20(24)10-16-23/h4,9-16H,1,5-8,17-19H2,2-3H3. The quantitative estimate of drug-likeness (QED) is 0.310. The van der Waals surface area contributed by atoms with E-state index in [0.29, 0.717) is 17.3 Å². The van der Waals surface area contributed by atoms with E-state index in [-0.39, 0.29) is 4.90 Å². The Bertz CT molecular complexity index is 884. The van der Waals surface area contributed by atoms with Crippen LogP contribution in [0.25, 0.3) is 0 Å². The van der Waals surface area contributed by atoms with Crippen molar-refractivity contribution in [1.29, 1.82) is 0 Å². The summed E-state index contributed by atoms with van der Waals surface area (Å²) in [7, 11) is 0.00135. The van der Waals surface area contributed by atoms with Crippen molar-refractivity contribution in [2.45, 2.75) is 30.6 Å². The highest BCUT2D eigenvalue weighted by molar-refractivity contribution is 7.92. The number of anilines is 1. The SMILES string of the molecule is C=CCN(C)CCCCCCOc1ccc(N(C)S(=O)(=O)c2ccc(Cl)cc2)cc1. The van der Waals surface area contributed by atoms with E-state index in [1.54, 1.807) is 36.4 Å². The normalized spacial score (nSPS) is 11.5. The maximum absolute atomic E-state index is 12.7. The molecule has 0 unspecified atom stereocenters. The summed E-state index contributed by atoms with van der Waals surface area (Å²) < 4.78 is 32.5. The highest BCUT2D eigenvalue weighted by Gasteiger charge is 2.21. The monoisotopic (exact) mass is 450 g/mol. The lowest BCUT2D eigenvalue weighted by Crippen LogP contribution is -2.26. The predicted molar refractivity (Wildman–Crippen MR) is 125 cm³/mol. The van der Waals surface area contributed by atoms with Gasteiger partial charge in [-0.25, -0.2) is 8.42 Å². The van der Waals surface area contributed by atoms with E-state index >= 15 is 0 Å². The van der Waals surface area contributed by atoms with Crippen molar-refractivity contribution in [3.63, 3.8) is 0 Å². The van der Waals surface area contributed by atoms with Gasteiger partial charge in [0.25, 0.3) is 10.0 Å². The number of sulfonamides is 1. The predicted octanol–water partition coefficient (Wildman–Crippen LogP) is 5.22. The van der Waals surface area contributed by atoms with Gasteiger partial charge < -0.3 is 9.64 Å². The number of hydrogen-bond acceptors (Lipinski definition) is 4. The second kappa shape index (κ2) is 12.0. The van der Waals surface area contributed by atoms with Crippen molar-refractivity contribution >= 4 is 27.3 Å². The molecule has 5 nitrogen and oxygen atoms in total. The largest absolute Gasteiger partial charge is 0.494 e. The van der Waals surface area contributed by atoms with Gasteiger partial charge in [0, 0.05) is 18.6 Å². The van der Waals surface area contributed by atoms with Crippen LogP contribution in [0.2, 0.25) is 5.02 Å². The van der Waals surface area contributed by atoms with Crippen LogP contribution in [0.5, 0.6) is 5.75 Å². The average Bonchev–Trinajstić information content (AvgIpc) is 2.73. The highest BCUT2D eigenvalue weighted by Crippen LogP contribution is 2.25. The molecule has 0 aliphatic rings. The Hall–Kier alpha value is -2.02. The van der Waals surface area contributed by atoms with Gasteiger partial charge in [0.1, 0.15) is 5.75 Å². The van der Waals surface area contributed by atoms with E-state index in [1.165, 1.54) is 36.3 Å². The van der Waals surface area contributed by atoms with Crippen LogP contribution in [-0.2, 0) is 10.0 Å². The molecule has 0 aliphatic carbocycles. The lowest BCUT2D eigenvalue weighted by atomic mass is 10.2. The van der Waals surface area contributed by atoms with E-state index in [0.717, 1.165) is 31.7 Å². The molecule has 0 bridgehead atoms. The lowest BCUT2D eigenvalue weighted by molar-refractivity contribution is 0.300. The Morgan fingerprint density at radius 2 is 1.60 bits per heavy atom. The number of halogens is 1. The Morgan fingerprint density at radius 1 is 0.967 bits per heavy atom. The number of hydrogen-bond donors (Lipinski definition) is 0. The first kappa shape index (κ1) is 24.3. The zero-order valence-corrected chi connectivity index (χ0v) is 19.3. The van der Waals surface area contributed by atoms with E-state index in [2.05, 4.69) is 18.5 Å². The molecule has 0 radical (unpaired) electrons. The second-order valence-corrected chi connectivity index (χ2v) is 9.64. The molecule has 164 valence electrons. The van der Waals surface area contributed by atoms with Crippen molar-refractivity contribution < 1.29 is 13.2 Å². The van der Waals surface area contributed by atoms with Crippen molar-refractivity contribution in [3.8, 4) is 5.75 Å². The number of ether oxygens (including phenoxy) is 1. The van der Waals surface area contributed by atoms with Gasteiger partial charge in [-0.3, -0.25) is 4.31 Å². The van der Waals surface area contributed by atoms with E-state index in [9.17, 15) is 8.42 Å². The van der Waals surface area contributed by atoms with Gasteiger partial charge in [-0.2, -0.15) is 0 Å². The van der Waals surface area contributed by atoms with Crippen LogP contribution in [0.15, 0.2) is 66.1 Å². The van der Waals surface area contributed by atoms with Gasteiger partial charge in [0.2, 0.25) is 0 Å². The van der Waals surface area contributed by atoms with Gasteiger partial charge in [-0.05, 0) is 75.0 Å². The Balaban J connectivity index is 1.78. The highest BCUT2D eigenvalue weighted by atomic mass is 35.5. The summed E-state index contributed by atoms with van der Waals surface area (Å²) in [6.45, 7) is 6.41. The van der Waals surface area contributed by atoms with Gasteiger partial charge >= 0.3 is 0 Å². The van der Waals surface area contributed by atoms with Gasteiger partial charge in [-0.1, -0.05) is 30.5 Å². The van der Waals surface area contributed by atoms with E-state index in [1.807, 2.05) is 6.08 Å². The van der Waals surface area contributed by atoms with Crippen LogP contribution in [0.4, 0.5) is 5.69 Å². The second-order valence-electron chi connectivity index (χ2n) is 7.23. The molecule has 0 amide bonds. The van der Waals surface area contributed by atoms with Crippen LogP contribution >= 0.6 is 11.6 Å². The molecular weight excluding hydrogens is 420 g/mol. The zero-order valence-electron chi connectivity index (χ0n) is 17.8. The molecule has 2 rings (SSSR count). The fraction of sp³-hybridized carbons (Fsp3) is 0.391. The van der Waals surface area contributed by atoms with Crippen LogP contribution in [0, 0.1) is 0 Å². The maximum Gasteiger partial charge on any atom is 0.264 e. The van der Waals surface area contributed by atoms with Crippen LogP contribution in [0.1, 0.15) is 25.7 Å². The molecule has 0 aromatic heterocycles. The number of unbranched alkanes of at least 4 members (excludes halogenated alkanes) is 3. The zero-order chi connectivity index (χ0) is 22.0. The fourth-order valence-corrected chi connectivity index (χ4v) is 4.32. The van der Waals surface area contributed by atoms with Gasteiger partial charge in [0.15, 0.2) is 0 Å². The number of benzene rings is 2. The minimum absolute atomic E-state index is 0.199. The van der Waals surface area contributed by atoms with Gasteiger partial charge in [0.05, 0.1) is 17.2 Å². The summed E-state index contributed by atoms with van der Waals surface area (Å²) in [5.74, 6) is 0.738. The Labute approximate surface area is 186 Å². The van der Waals surface area contributed by atoms with Crippen LogP contribution < -0.4 is 9.04 Å². The van der Waals surface area contributed by atoms with Crippen LogP contribution in [-0.4, -0.2) is 47.1 Å². The lowest BCUT2D eigenvalue weighted by Gasteiger charge is -2.20. The number of likely N-dealkylation sites (N-methyl/N-ethyl adjacent to an activating group) is 1. The summed E-state index contributed by atoms with van der Waals surface area (Å²) in [6.07, 6.45) is 6.40. The molecule has 0 atom stereocenters. The molecule has 2 aromatic carbocycles. The first-order valence-corrected chi connectivity index (χ1v) is 11.9. The van der Waals surface area contributed by atoms with Crippen LogP contribution in [0.3, 0.4) is 0 Å². The molecule has 0 heterocycles. The molecule has 0 saturated carbocycles. The van der Waals surface area contributed by atoms with Crippen molar-refractivity contribution in [2.75, 3.05) is 38.1 Å². The third kappa shape index (κ3) is 7.35. The first-order chi connectivity index (χ1) is 14.3. The minimum Gasteiger partial charge on any atom is -0.494 e. The summed E-state index contributed by atoms with van der Waals surface area (Å²) >= 11 is 5.85. The summed E-state index contributed by atoms with van der Waals surface area (Å²) in [5, 5.41) is 0.498. The summed E-state index contributed by atoms with van der Waals surface area (Å²) in [6, 6.07) is 13.2. The first-order valence-electron chi connectivity index (χ1n) is 10.1. The van der Waals surface area contributed by atoms with Crippen molar-refractivity contribution in [3.05, 3.63) is 66.2 Å². The molecule has 7 heteroatoms. The molecule has 0 saturated heterocycles. The summed E-state index contributed by atoms with van der Waals surface area (Å²) in [4.78, 5) is 2.46. The van der Waals surface area contributed by atoms with E-state index < -0.39 is 10.0 Å². The minimum atomic E-state index is -3.64. The molecule has 2 aromatic rings. The topological polar surface area (TPSA) is 49.9 Å². The third-order valence-electron chi connectivity index (χ3n) is 4.82.